The van der Waals surface area contributed by atoms with Gasteiger partial charge in [0.1, 0.15) is 5.57 Å². The van der Waals surface area contributed by atoms with Crippen LogP contribution in [-0.4, -0.2) is 60.2 Å². The van der Waals surface area contributed by atoms with Gasteiger partial charge < -0.3 is 24.4 Å². The predicted molar refractivity (Wildman–Crippen MR) is 105 cm³/mol. The number of allylic oxidation sites excluding steroid dienone is 2. The van der Waals surface area contributed by atoms with E-state index in [2.05, 4.69) is 0 Å². The molecule has 0 radical (unpaired) electrons. The number of carboxylic acids is 2. The van der Waals surface area contributed by atoms with Crippen molar-refractivity contribution < 1.29 is 43.7 Å². The molecule has 31 heavy (non-hydrogen) atoms. The molecule has 11 heteroatoms. The molecule has 0 saturated heterocycles. The second kappa shape index (κ2) is 8.28. The molecule has 2 N–H and O–H groups in total. The fourth-order valence-corrected chi connectivity index (χ4v) is 4.08. The Balaban J connectivity index is 3.22. The molecule has 0 heterocycles. The van der Waals surface area contributed by atoms with Gasteiger partial charge in [-0.2, -0.15) is 0 Å². The second-order valence-corrected chi connectivity index (χ2v) is 6.68. The molecular formula is C20H21NO10. The molecule has 166 valence electrons. The third-order valence-electron chi connectivity index (χ3n) is 5.46. The van der Waals surface area contributed by atoms with Gasteiger partial charge in [0.15, 0.2) is 0 Å². The molecule has 0 aromatic heterocycles. The molecule has 0 spiro atoms. The summed E-state index contributed by atoms with van der Waals surface area (Å²) in [6.45, 7) is 2.80. The minimum atomic E-state index is -2.86. The van der Waals surface area contributed by atoms with Crippen LogP contribution in [0.2, 0.25) is 0 Å². The number of rotatable bonds is 7. The Morgan fingerprint density at radius 1 is 1.03 bits per heavy atom. The predicted octanol–water partition coefficient (Wildman–Crippen LogP) is 2.02. The van der Waals surface area contributed by atoms with E-state index in [9.17, 15) is 34.7 Å². The van der Waals surface area contributed by atoms with Crippen LogP contribution in [0.5, 0.6) is 0 Å². The lowest BCUT2D eigenvalue weighted by Gasteiger charge is -2.48. The van der Waals surface area contributed by atoms with E-state index < -0.39 is 39.6 Å². The maximum Gasteiger partial charge on any atom is 0.337 e. The summed E-state index contributed by atoms with van der Waals surface area (Å²) in [5, 5.41) is 31.5. The Morgan fingerprint density at radius 2 is 1.61 bits per heavy atom. The van der Waals surface area contributed by atoms with Crippen molar-refractivity contribution in [3.05, 3.63) is 56.7 Å². The molecule has 0 saturated carbocycles. The van der Waals surface area contributed by atoms with Crippen molar-refractivity contribution in [3.63, 3.8) is 0 Å². The van der Waals surface area contributed by atoms with Gasteiger partial charge in [0, 0.05) is 26.4 Å². The Kier molecular flexibility index (Phi) is 6.33. The van der Waals surface area contributed by atoms with Crippen molar-refractivity contribution >= 4 is 29.2 Å². The number of aliphatic carboxylic acids is 2. The molecule has 0 aliphatic heterocycles. The number of hydrogen-bond donors (Lipinski definition) is 2. The number of non-ortho nitro benzene ring substituents is 1. The quantitative estimate of drug-likeness (QED) is 0.213. The summed E-state index contributed by atoms with van der Waals surface area (Å²) >= 11 is 0. The number of benzene rings is 1. The van der Waals surface area contributed by atoms with Crippen LogP contribution in [0.1, 0.15) is 19.4 Å². The number of nitrogens with zero attached hydrogens (tertiary/aromatic N) is 1. The van der Waals surface area contributed by atoms with Crippen LogP contribution in [0.15, 0.2) is 41.0 Å². The fraction of sp³-hybridized carbons (Fsp3) is 0.350. The van der Waals surface area contributed by atoms with Gasteiger partial charge >= 0.3 is 17.9 Å². The van der Waals surface area contributed by atoms with Crippen LogP contribution in [-0.2, 0) is 28.6 Å². The summed E-state index contributed by atoms with van der Waals surface area (Å²) in [4.78, 5) is 48.7. The van der Waals surface area contributed by atoms with Crippen LogP contribution >= 0.6 is 0 Å². The fourth-order valence-electron chi connectivity index (χ4n) is 4.08. The number of nitro benzene ring substituents is 1. The smallest absolute Gasteiger partial charge is 0.337 e. The second-order valence-electron chi connectivity index (χ2n) is 6.68. The molecule has 0 fully saturated rings. The SMILES string of the molecule is COC(=O)C1(C(=O)O)C(c2cccc([N+](=O)[O-])c2)=C(C)C(C)=C(C(=O)O)C1(OC)OC. The molecule has 0 amide bonds. The highest BCUT2D eigenvalue weighted by atomic mass is 16.7. The van der Waals surface area contributed by atoms with E-state index in [0.717, 1.165) is 27.4 Å². The van der Waals surface area contributed by atoms with Crippen LogP contribution in [0.25, 0.3) is 5.57 Å². The van der Waals surface area contributed by atoms with Gasteiger partial charge in [-0.1, -0.05) is 12.1 Å². The van der Waals surface area contributed by atoms with Crippen molar-refractivity contribution in [2.45, 2.75) is 19.6 Å². The number of carbonyl (C=O) groups is 3. The van der Waals surface area contributed by atoms with Gasteiger partial charge in [-0.3, -0.25) is 19.7 Å². The lowest BCUT2D eigenvalue weighted by atomic mass is 9.61. The standard InChI is InChI=1S/C20H21NO10/c1-10-11(2)15(16(22)23)20(30-4,31-5)19(17(24)25,18(26)29-3)14(10)12-7-6-8-13(9-12)21(27)28/h6-9H,1-5H3,(H,22,23)(H,24,25). The highest BCUT2D eigenvalue weighted by molar-refractivity contribution is 6.17. The third kappa shape index (κ3) is 3.09. The van der Waals surface area contributed by atoms with E-state index in [1.165, 1.54) is 32.0 Å². The number of methoxy groups -OCH3 is 3. The van der Waals surface area contributed by atoms with Crippen molar-refractivity contribution in [1.82, 2.24) is 0 Å². The number of ether oxygens (including phenoxy) is 3. The number of nitro groups is 1. The van der Waals surface area contributed by atoms with E-state index in [0.29, 0.717) is 0 Å². The maximum atomic E-state index is 13.1. The van der Waals surface area contributed by atoms with Crippen molar-refractivity contribution in [2.75, 3.05) is 21.3 Å². The average Bonchev–Trinajstić information content (AvgIpc) is 2.73. The van der Waals surface area contributed by atoms with E-state index >= 15 is 0 Å². The first-order valence-corrected chi connectivity index (χ1v) is 8.81. The van der Waals surface area contributed by atoms with Gasteiger partial charge in [0.25, 0.3) is 5.69 Å². The third-order valence-corrected chi connectivity index (χ3v) is 5.46. The Hall–Kier alpha value is -3.57. The first-order valence-electron chi connectivity index (χ1n) is 8.81. The van der Waals surface area contributed by atoms with Crippen molar-refractivity contribution in [2.24, 2.45) is 5.41 Å². The highest BCUT2D eigenvalue weighted by Gasteiger charge is 2.72. The molecular weight excluding hydrogens is 414 g/mol. The summed E-state index contributed by atoms with van der Waals surface area (Å²) in [5.74, 6) is -7.43. The van der Waals surface area contributed by atoms with Gasteiger partial charge in [-0.15, -0.1) is 0 Å². The van der Waals surface area contributed by atoms with E-state index in [4.69, 9.17) is 14.2 Å². The summed E-state index contributed by atoms with van der Waals surface area (Å²) < 4.78 is 15.5. The molecule has 0 bridgehead atoms. The van der Waals surface area contributed by atoms with Crippen LogP contribution in [0.4, 0.5) is 5.69 Å². The molecule has 11 nitrogen and oxygen atoms in total. The average molecular weight is 435 g/mol. The molecule has 1 aromatic carbocycles. The normalized spacial score (nSPS) is 20.4. The topological polar surface area (TPSA) is 162 Å². The van der Waals surface area contributed by atoms with Gasteiger partial charge in [-0.05, 0) is 36.1 Å². The van der Waals surface area contributed by atoms with Crippen molar-refractivity contribution in [1.29, 1.82) is 0 Å². The van der Waals surface area contributed by atoms with Gasteiger partial charge in [0.2, 0.25) is 11.2 Å². The molecule has 2 rings (SSSR count). The largest absolute Gasteiger partial charge is 0.480 e. The lowest BCUT2D eigenvalue weighted by Crippen LogP contribution is -2.64. The summed E-state index contributed by atoms with van der Waals surface area (Å²) in [6, 6.07) is 4.94. The van der Waals surface area contributed by atoms with Crippen molar-refractivity contribution in [3.8, 4) is 0 Å². The summed E-state index contributed by atoms with van der Waals surface area (Å²) in [6.07, 6.45) is 0. The monoisotopic (exact) mass is 435 g/mol. The van der Waals surface area contributed by atoms with Gasteiger partial charge in [0.05, 0.1) is 12.0 Å². The van der Waals surface area contributed by atoms with E-state index in [1.54, 1.807) is 0 Å². The maximum absolute atomic E-state index is 13.1. The summed E-state index contributed by atoms with van der Waals surface area (Å²) in [5.41, 5.74) is -3.94. The first-order chi connectivity index (χ1) is 14.5. The molecule has 1 aliphatic rings. The number of carbonyl (C=O) groups excluding carboxylic acids is 1. The van der Waals surface area contributed by atoms with Gasteiger partial charge in [-0.25, -0.2) is 4.79 Å². The zero-order valence-electron chi connectivity index (χ0n) is 17.4. The first kappa shape index (κ1) is 23.7. The van der Waals surface area contributed by atoms with E-state index in [-0.39, 0.29) is 28.0 Å². The molecule has 1 aliphatic carbocycles. The number of hydrogen-bond acceptors (Lipinski definition) is 8. The number of esters is 1. The van der Waals surface area contributed by atoms with Crippen LogP contribution < -0.4 is 0 Å². The molecule has 1 unspecified atom stereocenters. The Bertz CT molecular complexity index is 1030. The lowest BCUT2D eigenvalue weighted by molar-refractivity contribution is -0.384. The minimum Gasteiger partial charge on any atom is -0.480 e. The molecule has 1 aromatic rings. The Morgan fingerprint density at radius 3 is 2.03 bits per heavy atom. The summed E-state index contributed by atoms with van der Waals surface area (Å²) in [7, 11) is 2.91. The van der Waals surface area contributed by atoms with Crippen LogP contribution in [0.3, 0.4) is 0 Å². The zero-order chi connectivity index (χ0) is 23.7. The zero-order valence-corrected chi connectivity index (χ0v) is 17.4. The number of carboxylic acid groups (broad SMARTS) is 2. The Labute approximate surface area is 176 Å². The highest BCUT2D eigenvalue weighted by Crippen LogP contribution is 2.57. The molecule has 1 atom stereocenters. The van der Waals surface area contributed by atoms with E-state index in [1.807, 2.05) is 0 Å². The van der Waals surface area contributed by atoms with Crippen LogP contribution in [0, 0.1) is 15.5 Å². The minimum absolute atomic E-state index is 0.0123.